The van der Waals surface area contributed by atoms with Crippen molar-refractivity contribution in [3.8, 4) is 5.75 Å². The van der Waals surface area contributed by atoms with Gasteiger partial charge in [0.2, 0.25) is 0 Å². The second kappa shape index (κ2) is 8.48. The first-order valence-corrected chi connectivity index (χ1v) is 10.6. The minimum absolute atomic E-state index is 0.0607. The number of ether oxygens (including phenoxy) is 1. The molecule has 7 nitrogen and oxygen atoms in total. The summed E-state index contributed by atoms with van der Waals surface area (Å²) in [6.45, 7) is 3.60. The summed E-state index contributed by atoms with van der Waals surface area (Å²) in [6.07, 6.45) is 2.18. The van der Waals surface area contributed by atoms with Crippen LogP contribution in [0.5, 0.6) is 5.75 Å². The van der Waals surface area contributed by atoms with Gasteiger partial charge in [-0.2, -0.15) is 8.42 Å². The van der Waals surface area contributed by atoms with Gasteiger partial charge in [0.05, 0.1) is 24.9 Å². The van der Waals surface area contributed by atoms with E-state index in [4.69, 9.17) is 4.74 Å². The number of nitrogens with one attached hydrogen (secondary N) is 1. The van der Waals surface area contributed by atoms with Crippen LogP contribution < -0.4 is 10.1 Å². The van der Waals surface area contributed by atoms with Gasteiger partial charge < -0.3 is 10.1 Å². The van der Waals surface area contributed by atoms with Crippen LogP contribution in [-0.2, 0) is 28.0 Å². The molecule has 0 bridgehead atoms. The summed E-state index contributed by atoms with van der Waals surface area (Å²) < 4.78 is 34.9. The van der Waals surface area contributed by atoms with Crippen LogP contribution in [0.25, 0.3) is 0 Å². The zero-order valence-electron chi connectivity index (χ0n) is 16.5. The molecule has 0 radical (unpaired) electrons. The number of amides is 1. The lowest BCUT2D eigenvalue weighted by Crippen LogP contribution is -2.32. The predicted octanol–water partition coefficient (Wildman–Crippen LogP) is 3.30. The Morgan fingerprint density at radius 3 is 2.52 bits per heavy atom. The van der Waals surface area contributed by atoms with Gasteiger partial charge in [0.25, 0.3) is 5.91 Å². The fraction of sp³-hybridized carbons (Fsp3) is 0.238. The number of hydrogen-bond donors (Lipinski definition) is 1. The quantitative estimate of drug-likeness (QED) is 0.787. The van der Waals surface area contributed by atoms with Gasteiger partial charge >= 0.3 is 10.2 Å². The van der Waals surface area contributed by atoms with Gasteiger partial charge in [-0.1, -0.05) is 31.2 Å². The van der Waals surface area contributed by atoms with Crippen LogP contribution in [0.1, 0.15) is 25.0 Å². The van der Waals surface area contributed by atoms with Crippen LogP contribution in [0.15, 0.2) is 64.7 Å². The summed E-state index contributed by atoms with van der Waals surface area (Å²) >= 11 is 0. The van der Waals surface area contributed by atoms with E-state index >= 15 is 0 Å². The molecule has 0 aromatic heterocycles. The fourth-order valence-corrected chi connectivity index (χ4v) is 4.01. The molecule has 2 aromatic rings. The van der Waals surface area contributed by atoms with Crippen molar-refractivity contribution >= 4 is 27.5 Å². The number of benzene rings is 2. The topological polar surface area (TPSA) is 88.1 Å². The van der Waals surface area contributed by atoms with Gasteiger partial charge in [0.1, 0.15) is 5.75 Å². The molecule has 0 spiro atoms. The average Bonchev–Trinajstić information content (AvgIpc) is 2.70. The molecule has 1 aliphatic rings. The van der Waals surface area contributed by atoms with Crippen molar-refractivity contribution in [2.24, 2.45) is 4.40 Å². The van der Waals surface area contributed by atoms with E-state index in [1.165, 1.54) is 13.1 Å². The van der Waals surface area contributed by atoms with Gasteiger partial charge in [-0.15, -0.1) is 4.40 Å². The minimum atomic E-state index is -3.90. The minimum Gasteiger partial charge on any atom is -0.497 e. The molecule has 1 N–H and O–H groups in total. The zero-order valence-corrected chi connectivity index (χ0v) is 17.4. The first-order valence-electron chi connectivity index (χ1n) is 9.16. The number of rotatable bonds is 6. The summed E-state index contributed by atoms with van der Waals surface area (Å²) in [4.78, 5) is 12.8. The maximum atomic E-state index is 12.8. The molecule has 0 fully saturated rings. The van der Waals surface area contributed by atoms with Crippen molar-refractivity contribution < 1.29 is 17.9 Å². The van der Waals surface area contributed by atoms with E-state index in [1.54, 1.807) is 37.4 Å². The number of hydrogen-bond acceptors (Lipinski definition) is 4. The Bertz CT molecular complexity index is 1070. The molecule has 0 atom stereocenters. The van der Waals surface area contributed by atoms with E-state index in [0.717, 1.165) is 21.9 Å². The predicted molar refractivity (Wildman–Crippen MR) is 113 cm³/mol. The highest BCUT2D eigenvalue weighted by Crippen LogP contribution is 2.22. The van der Waals surface area contributed by atoms with Crippen molar-refractivity contribution in [2.75, 3.05) is 12.4 Å². The molecule has 1 amide bonds. The maximum Gasteiger partial charge on any atom is 0.344 e. The summed E-state index contributed by atoms with van der Waals surface area (Å²) in [5.74, 6) is 0.267. The normalized spacial score (nSPS) is 15.3. The molecule has 152 valence electrons. The highest BCUT2D eigenvalue weighted by Gasteiger charge is 2.28. The molecular formula is C21H23N3O4S. The first kappa shape index (κ1) is 20.6. The Hall–Kier alpha value is -3.13. The van der Waals surface area contributed by atoms with Gasteiger partial charge in [0, 0.05) is 11.9 Å². The third kappa shape index (κ3) is 4.83. The van der Waals surface area contributed by atoms with Crippen LogP contribution in [0.3, 0.4) is 0 Å². The Morgan fingerprint density at radius 1 is 1.14 bits per heavy atom. The summed E-state index contributed by atoms with van der Waals surface area (Å²) in [7, 11) is -2.34. The third-order valence-electron chi connectivity index (χ3n) is 4.55. The van der Waals surface area contributed by atoms with Crippen molar-refractivity contribution in [1.82, 2.24) is 4.31 Å². The van der Waals surface area contributed by atoms with Gasteiger partial charge in [-0.3, -0.25) is 9.10 Å². The SMILES string of the molecule is CCc1cccc(NC(=O)C2=CN(Cc3ccc(OC)cc3)S(=O)(=O)N=C2C)c1. The second-order valence-electron chi connectivity index (χ2n) is 6.60. The molecule has 0 saturated carbocycles. The van der Waals surface area contributed by atoms with Crippen LogP contribution in [0.4, 0.5) is 5.69 Å². The van der Waals surface area contributed by atoms with E-state index in [2.05, 4.69) is 9.71 Å². The third-order valence-corrected chi connectivity index (χ3v) is 5.88. The van der Waals surface area contributed by atoms with E-state index in [1.807, 2.05) is 25.1 Å². The maximum absolute atomic E-state index is 12.8. The highest BCUT2D eigenvalue weighted by molar-refractivity contribution is 7.88. The van der Waals surface area contributed by atoms with Gasteiger partial charge in [-0.25, -0.2) is 0 Å². The standard InChI is InChI=1S/C21H23N3O4S/c1-4-16-6-5-7-18(12-16)22-21(25)20-14-24(29(26,27)23-15(20)2)13-17-8-10-19(28-3)11-9-17/h5-12,14H,4,13H2,1-3H3,(H,22,25). The van der Waals surface area contributed by atoms with Crippen LogP contribution >= 0.6 is 0 Å². The van der Waals surface area contributed by atoms with E-state index in [0.29, 0.717) is 11.4 Å². The molecule has 0 unspecified atom stereocenters. The first-order chi connectivity index (χ1) is 13.8. The summed E-state index contributed by atoms with van der Waals surface area (Å²) in [5, 5.41) is 2.82. The molecular weight excluding hydrogens is 390 g/mol. The monoisotopic (exact) mass is 413 g/mol. The molecule has 29 heavy (non-hydrogen) atoms. The fourth-order valence-electron chi connectivity index (χ4n) is 2.91. The number of carbonyl (C=O) groups excluding carboxylic acids is 1. The Kier molecular flexibility index (Phi) is 6.03. The van der Waals surface area contributed by atoms with Gasteiger partial charge in [-0.05, 0) is 48.7 Å². The van der Waals surface area contributed by atoms with E-state index in [-0.39, 0.29) is 17.8 Å². The number of methoxy groups -OCH3 is 1. The zero-order chi connectivity index (χ0) is 21.0. The molecule has 1 aliphatic heterocycles. The molecule has 3 rings (SSSR count). The molecule has 2 aromatic carbocycles. The summed E-state index contributed by atoms with van der Waals surface area (Å²) in [5.41, 5.74) is 2.85. The van der Waals surface area contributed by atoms with Gasteiger partial charge in [0.15, 0.2) is 0 Å². The molecule has 1 heterocycles. The second-order valence-corrected chi connectivity index (χ2v) is 8.15. The van der Waals surface area contributed by atoms with Crippen molar-refractivity contribution in [3.63, 3.8) is 0 Å². The number of carbonyl (C=O) groups is 1. The Morgan fingerprint density at radius 2 is 1.86 bits per heavy atom. The largest absolute Gasteiger partial charge is 0.497 e. The van der Waals surface area contributed by atoms with E-state index < -0.39 is 16.1 Å². The van der Waals surface area contributed by atoms with Crippen molar-refractivity contribution in [3.05, 3.63) is 71.4 Å². The average molecular weight is 413 g/mol. The lowest BCUT2D eigenvalue weighted by molar-refractivity contribution is -0.112. The number of aryl methyl sites for hydroxylation is 1. The molecule has 8 heteroatoms. The number of anilines is 1. The van der Waals surface area contributed by atoms with Crippen LogP contribution in [0.2, 0.25) is 0 Å². The van der Waals surface area contributed by atoms with Crippen molar-refractivity contribution in [1.29, 1.82) is 0 Å². The lowest BCUT2D eigenvalue weighted by atomic mass is 10.1. The molecule has 0 saturated heterocycles. The highest BCUT2D eigenvalue weighted by atomic mass is 32.2. The Balaban J connectivity index is 1.84. The molecule has 0 aliphatic carbocycles. The lowest BCUT2D eigenvalue weighted by Gasteiger charge is -2.24. The van der Waals surface area contributed by atoms with Crippen LogP contribution in [-0.4, -0.2) is 31.5 Å². The van der Waals surface area contributed by atoms with E-state index in [9.17, 15) is 13.2 Å². The van der Waals surface area contributed by atoms with Crippen molar-refractivity contribution in [2.45, 2.75) is 26.8 Å². The smallest absolute Gasteiger partial charge is 0.344 e. The number of nitrogens with zero attached hydrogens (tertiary/aromatic N) is 2. The van der Waals surface area contributed by atoms with Crippen LogP contribution in [0, 0.1) is 0 Å². The Labute approximate surface area is 170 Å². The summed E-state index contributed by atoms with van der Waals surface area (Å²) in [6, 6.07) is 14.6.